The molecule has 1 N–H and O–H groups in total. The van der Waals surface area contributed by atoms with Gasteiger partial charge in [0.1, 0.15) is 0 Å². The third-order valence-corrected chi connectivity index (χ3v) is 4.87. The number of alkyl halides is 1. The third-order valence-electron chi connectivity index (χ3n) is 3.95. The zero-order valence-corrected chi connectivity index (χ0v) is 13.1. The monoisotopic (exact) mass is 323 g/mol. The Morgan fingerprint density at radius 1 is 1.21 bits per heavy atom. The van der Waals surface area contributed by atoms with Gasteiger partial charge in [0.05, 0.1) is 0 Å². The van der Waals surface area contributed by atoms with E-state index >= 15 is 0 Å². The average molecular weight is 324 g/mol. The van der Waals surface area contributed by atoms with E-state index in [0.717, 1.165) is 18.5 Å². The van der Waals surface area contributed by atoms with Gasteiger partial charge in [0.15, 0.2) is 0 Å². The standard InChI is InChI=1S/C16H22BrNO/c1-2-12-3-7-14(8-4-12)16(19)18-11-13-5-9-15(17)10-6-13/h3-4,7-8,13,15H,2,5-6,9-11H2,1H3,(H,18,19). The van der Waals surface area contributed by atoms with Gasteiger partial charge in [-0.05, 0) is 55.7 Å². The fourth-order valence-electron chi connectivity index (χ4n) is 2.56. The smallest absolute Gasteiger partial charge is 0.251 e. The Balaban J connectivity index is 1.80. The first kappa shape index (κ1) is 14.6. The molecule has 104 valence electrons. The Hall–Kier alpha value is -0.830. The van der Waals surface area contributed by atoms with E-state index in [1.807, 2.05) is 24.3 Å². The van der Waals surface area contributed by atoms with Crippen LogP contribution in [0.2, 0.25) is 0 Å². The van der Waals surface area contributed by atoms with Gasteiger partial charge in [-0.15, -0.1) is 0 Å². The van der Waals surface area contributed by atoms with Crippen molar-refractivity contribution in [1.29, 1.82) is 0 Å². The van der Waals surface area contributed by atoms with Gasteiger partial charge in [-0.2, -0.15) is 0 Å². The number of rotatable bonds is 4. The second-order valence-electron chi connectivity index (χ2n) is 5.38. The number of amides is 1. The van der Waals surface area contributed by atoms with E-state index in [1.54, 1.807) is 0 Å². The number of benzene rings is 1. The number of hydrogen-bond donors (Lipinski definition) is 1. The maximum absolute atomic E-state index is 12.0. The summed E-state index contributed by atoms with van der Waals surface area (Å²) in [5.41, 5.74) is 2.04. The normalized spacial score (nSPS) is 23.1. The summed E-state index contributed by atoms with van der Waals surface area (Å²) in [6.45, 7) is 2.93. The fourth-order valence-corrected chi connectivity index (χ4v) is 3.09. The van der Waals surface area contributed by atoms with E-state index in [-0.39, 0.29) is 5.91 Å². The minimum Gasteiger partial charge on any atom is -0.352 e. The van der Waals surface area contributed by atoms with Gasteiger partial charge in [-0.25, -0.2) is 0 Å². The fraction of sp³-hybridized carbons (Fsp3) is 0.562. The molecule has 0 aliphatic heterocycles. The molecule has 1 aliphatic rings. The van der Waals surface area contributed by atoms with Gasteiger partial charge in [0, 0.05) is 16.9 Å². The Morgan fingerprint density at radius 2 is 1.84 bits per heavy atom. The molecular weight excluding hydrogens is 302 g/mol. The number of aryl methyl sites for hydroxylation is 1. The molecular formula is C16H22BrNO. The Labute approximate surface area is 124 Å². The van der Waals surface area contributed by atoms with Crippen LogP contribution in [0, 0.1) is 5.92 Å². The van der Waals surface area contributed by atoms with Crippen molar-refractivity contribution in [2.24, 2.45) is 5.92 Å². The van der Waals surface area contributed by atoms with E-state index in [2.05, 4.69) is 28.2 Å². The summed E-state index contributed by atoms with van der Waals surface area (Å²) in [7, 11) is 0. The highest BCUT2D eigenvalue weighted by atomic mass is 79.9. The maximum Gasteiger partial charge on any atom is 0.251 e. The SMILES string of the molecule is CCc1ccc(C(=O)NCC2CCC(Br)CC2)cc1. The molecule has 0 spiro atoms. The Morgan fingerprint density at radius 3 is 2.42 bits per heavy atom. The van der Waals surface area contributed by atoms with Crippen LogP contribution < -0.4 is 5.32 Å². The molecule has 3 heteroatoms. The van der Waals surface area contributed by atoms with Gasteiger partial charge < -0.3 is 5.32 Å². The molecule has 1 aromatic carbocycles. The van der Waals surface area contributed by atoms with Gasteiger partial charge in [-0.3, -0.25) is 4.79 Å². The first-order valence-corrected chi connectivity index (χ1v) is 8.11. The molecule has 1 saturated carbocycles. The largest absolute Gasteiger partial charge is 0.352 e. The van der Waals surface area contributed by atoms with Crippen LogP contribution in [0.1, 0.15) is 48.5 Å². The second-order valence-corrected chi connectivity index (χ2v) is 6.67. The lowest BCUT2D eigenvalue weighted by Gasteiger charge is -2.25. The zero-order valence-electron chi connectivity index (χ0n) is 11.5. The molecule has 2 rings (SSSR count). The van der Waals surface area contributed by atoms with Gasteiger partial charge >= 0.3 is 0 Å². The van der Waals surface area contributed by atoms with Crippen LogP contribution in [0.5, 0.6) is 0 Å². The second kappa shape index (κ2) is 7.09. The predicted octanol–water partition coefficient (Wildman–Crippen LogP) is 3.93. The van der Waals surface area contributed by atoms with Crippen LogP contribution >= 0.6 is 15.9 Å². The van der Waals surface area contributed by atoms with Crippen LogP contribution in [0.4, 0.5) is 0 Å². The van der Waals surface area contributed by atoms with Crippen LogP contribution in [0.25, 0.3) is 0 Å². The van der Waals surface area contributed by atoms with E-state index in [1.165, 1.54) is 31.2 Å². The minimum atomic E-state index is 0.0589. The van der Waals surface area contributed by atoms with Gasteiger partial charge in [0.25, 0.3) is 5.91 Å². The molecule has 0 atom stereocenters. The van der Waals surface area contributed by atoms with Crippen molar-refractivity contribution in [1.82, 2.24) is 5.32 Å². The van der Waals surface area contributed by atoms with Crippen molar-refractivity contribution in [3.63, 3.8) is 0 Å². The van der Waals surface area contributed by atoms with Gasteiger partial charge in [0.2, 0.25) is 0 Å². The molecule has 0 heterocycles. The van der Waals surface area contributed by atoms with Crippen molar-refractivity contribution in [3.8, 4) is 0 Å². The van der Waals surface area contributed by atoms with Crippen molar-refractivity contribution in [2.75, 3.05) is 6.54 Å². The molecule has 1 aliphatic carbocycles. The van der Waals surface area contributed by atoms with Crippen LogP contribution in [-0.4, -0.2) is 17.3 Å². The number of carbonyl (C=O) groups excluding carboxylic acids is 1. The molecule has 0 radical (unpaired) electrons. The van der Waals surface area contributed by atoms with E-state index < -0.39 is 0 Å². The summed E-state index contributed by atoms with van der Waals surface area (Å²) in [5, 5.41) is 3.07. The topological polar surface area (TPSA) is 29.1 Å². The van der Waals surface area contributed by atoms with Gasteiger partial charge in [-0.1, -0.05) is 35.0 Å². The highest BCUT2D eigenvalue weighted by Crippen LogP contribution is 2.28. The predicted molar refractivity (Wildman–Crippen MR) is 82.8 cm³/mol. The van der Waals surface area contributed by atoms with Crippen molar-refractivity contribution in [2.45, 2.75) is 43.9 Å². The van der Waals surface area contributed by atoms with Crippen LogP contribution in [-0.2, 0) is 6.42 Å². The molecule has 1 fully saturated rings. The summed E-state index contributed by atoms with van der Waals surface area (Å²) in [6, 6.07) is 7.91. The molecule has 0 aromatic heterocycles. The molecule has 0 unspecified atom stereocenters. The number of hydrogen-bond acceptors (Lipinski definition) is 1. The highest BCUT2D eigenvalue weighted by molar-refractivity contribution is 9.09. The third kappa shape index (κ3) is 4.34. The Bertz CT molecular complexity index is 407. The number of nitrogens with one attached hydrogen (secondary N) is 1. The number of halogens is 1. The van der Waals surface area contributed by atoms with Crippen molar-refractivity contribution in [3.05, 3.63) is 35.4 Å². The number of carbonyl (C=O) groups is 1. The van der Waals surface area contributed by atoms with Crippen LogP contribution in [0.3, 0.4) is 0 Å². The summed E-state index contributed by atoms with van der Waals surface area (Å²) >= 11 is 3.66. The quantitative estimate of drug-likeness (QED) is 0.835. The molecule has 19 heavy (non-hydrogen) atoms. The summed E-state index contributed by atoms with van der Waals surface area (Å²) in [6.07, 6.45) is 5.89. The molecule has 1 amide bonds. The molecule has 1 aromatic rings. The first-order valence-electron chi connectivity index (χ1n) is 7.20. The lowest BCUT2D eigenvalue weighted by molar-refractivity contribution is 0.0944. The average Bonchev–Trinajstić information content (AvgIpc) is 2.46. The summed E-state index contributed by atoms with van der Waals surface area (Å²) in [5.74, 6) is 0.705. The van der Waals surface area contributed by atoms with E-state index in [9.17, 15) is 4.79 Å². The van der Waals surface area contributed by atoms with Crippen LogP contribution in [0.15, 0.2) is 24.3 Å². The lowest BCUT2D eigenvalue weighted by Crippen LogP contribution is -2.31. The maximum atomic E-state index is 12.0. The van der Waals surface area contributed by atoms with Crippen molar-refractivity contribution >= 4 is 21.8 Å². The molecule has 0 bridgehead atoms. The Kier molecular flexibility index (Phi) is 5.44. The first-order chi connectivity index (χ1) is 9.19. The van der Waals surface area contributed by atoms with Crippen molar-refractivity contribution < 1.29 is 4.79 Å². The minimum absolute atomic E-state index is 0.0589. The van der Waals surface area contributed by atoms with E-state index in [4.69, 9.17) is 0 Å². The van der Waals surface area contributed by atoms with E-state index in [0.29, 0.717) is 10.7 Å². The lowest BCUT2D eigenvalue weighted by atomic mass is 9.89. The summed E-state index contributed by atoms with van der Waals surface area (Å²) in [4.78, 5) is 12.7. The zero-order chi connectivity index (χ0) is 13.7. The molecule has 0 saturated heterocycles. The highest BCUT2D eigenvalue weighted by Gasteiger charge is 2.19. The molecule has 2 nitrogen and oxygen atoms in total. The summed E-state index contributed by atoms with van der Waals surface area (Å²) < 4.78 is 0.